The van der Waals surface area contributed by atoms with Crippen molar-refractivity contribution < 1.29 is 14.3 Å². The molecule has 0 saturated heterocycles. The number of amides is 2. The highest BCUT2D eigenvalue weighted by atomic mass is 16.5. The van der Waals surface area contributed by atoms with E-state index in [1.54, 1.807) is 0 Å². The molecule has 3 aliphatic carbocycles. The van der Waals surface area contributed by atoms with Gasteiger partial charge in [0.2, 0.25) is 11.8 Å². The Morgan fingerprint density at radius 2 is 1.91 bits per heavy atom. The molecule has 1 spiro atoms. The van der Waals surface area contributed by atoms with Crippen molar-refractivity contribution in [3.8, 4) is 0 Å². The first-order valence-corrected chi connectivity index (χ1v) is 9.26. The van der Waals surface area contributed by atoms with Gasteiger partial charge in [0.1, 0.15) is 6.04 Å². The second kappa shape index (κ2) is 6.80. The molecule has 130 valence electrons. The van der Waals surface area contributed by atoms with Crippen LogP contribution in [0.1, 0.15) is 65.2 Å². The van der Waals surface area contributed by atoms with E-state index >= 15 is 0 Å². The van der Waals surface area contributed by atoms with Gasteiger partial charge in [0.25, 0.3) is 0 Å². The first-order valence-electron chi connectivity index (χ1n) is 9.26. The van der Waals surface area contributed by atoms with Crippen LogP contribution >= 0.6 is 0 Å². The summed E-state index contributed by atoms with van der Waals surface area (Å²) in [7, 11) is 0. The van der Waals surface area contributed by atoms with E-state index in [-0.39, 0.29) is 29.3 Å². The van der Waals surface area contributed by atoms with Crippen LogP contribution in [0.15, 0.2) is 0 Å². The number of hydrogen-bond acceptors (Lipinski definition) is 3. The molecule has 5 nitrogen and oxygen atoms in total. The molecule has 2 N–H and O–H groups in total. The second-order valence-corrected chi connectivity index (χ2v) is 7.55. The molecule has 3 aliphatic rings. The normalized spacial score (nSPS) is 30.3. The Morgan fingerprint density at radius 3 is 2.43 bits per heavy atom. The zero-order valence-electron chi connectivity index (χ0n) is 14.4. The second-order valence-electron chi connectivity index (χ2n) is 7.55. The summed E-state index contributed by atoms with van der Waals surface area (Å²) in [6.45, 7) is 4.27. The lowest BCUT2D eigenvalue weighted by Gasteiger charge is -2.61. The Kier molecular flexibility index (Phi) is 4.95. The van der Waals surface area contributed by atoms with Gasteiger partial charge in [-0.3, -0.25) is 9.59 Å². The van der Waals surface area contributed by atoms with Crippen LogP contribution in [0.5, 0.6) is 0 Å². The van der Waals surface area contributed by atoms with Gasteiger partial charge in [0.05, 0.1) is 6.10 Å². The van der Waals surface area contributed by atoms with Crippen molar-refractivity contribution in [1.29, 1.82) is 0 Å². The van der Waals surface area contributed by atoms with Crippen molar-refractivity contribution in [3.05, 3.63) is 0 Å². The zero-order valence-corrected chi connectivity index (χ0v) is 14.4. The Morgan fingerprint density at radius 1 is 1.22 bits per heavy atom. The van der Waals surface area contributed by atoms with E-state index in [4.69, 9.17) is 4.74 Å². The van der Waals surface area contributed by atoms with Gasteiger partial charge in [0.15, 0.2) is 0 Å². The van der Waals surface area contributed by atoms with Crippen LogP contribution < -0.4 is 10.6 Å². The molecule has 3 rings (SSSR count). The van der Waals surface area contributed by atoms with Gasteiger partial charge in [0, 0.05) is 25.0 Å². The number of carbonyl (C=O) groups is 2. The number of nitrogens with one attached hydrogen (secondary N) is 2. The standard InChI is InChI=1S/C18H30N2O3/c1-3-23-15-11-14(18(15)9-6-10-18)20-17(22)16(19-12(2)21)13-7-4-5-8-13/h13-16H,3-11H2,1-2H3,(H,19,21)(H,20,22)/t14-,15-,16-/m1/s1. The van der Waals surface area contributed by atoms with Gasteiger partial charge in [-0.1, -0.05) is 19.3 Å². The monoisotopic (exact) mass is 322 g/mol. The smallest absolute Gasteiger partial charge is 0.243 e. The van der Waals surface area contributed by atoms with E-state index in [0.717, 1.165) is 51.6 Å². The minimum atomic E-state index is -0.363. The predicted molar refractivity (Wildman–Crippen MR) is 87.8 cm³/mol. The van der Waals surface area contributed by atoms with Crippen molar-refractivity contribution in [2.75, 3.05) is 6.61 Å². The summed E-state index contributed by atoms with van der Waals surface area (Å²) in [6, 6.07) is -0.142. The van der Waals surface area contributed by atoms with Crippen LogP contribution in [0.3, 0.4) is 0 Å². The van der Waals surface area contributed by atoms with Crippen molar-refractivity contribution in [3.63, 3.8) is 0 Å². The molecule has 0 aromatic rings. The van der Waals surface area contributed by atoms with Crippen LogP contribution in [-0.2, 0) is 14.3 Å². The maximum atomic E-state index is 12.8. The van der Waals surface area contributed by atoms with Crippen molar-refractivity contribution in [1.82, 2.24) is 10.6 Å². The molecule has 23 heavy (non-hydrogen) atoms. The van der Waals surface area contributed by atoms with Gasteiger partial charge in [-0.15, -0.1) is 0 Å². The fraction of sp³-hybridized carbons (Fsp3) is 0.889. The van der Waals surface area contributed by atoms with Crippen molar-refractivity contribution in [2.24, 2.45) is 11.3 Å². The molecule has 0 aromatic heterocycles. The van der Waals surface area contributed by atoms with Gasteiger partial charge >= 0.3 is 0 Å². The first kappa shape index (κ1) is 16.7. The summed E-state index contributed by atoms with van der Waals surface area (Å²) in [6.07, 6.45) is 9.14. The Bertz CT molecular complexity index is 455. The summed E-state index contributed by atoms with van der Waals surface area (Å²) in [4.78, 5) is 24.3. The van der Waals surface area contributed by atoms with Gasteiger partial charge in [-0.2, -0.15) is 0 Å². The fourth-order valence-electron chi connectivity index (χ4n) is 4.81. The van der Waals surface area contributed by atoms with E-state index < -0.39 is 0 Å². The molecule has 0 unspecified atom stereocenters. The van der Waals surface area contributed by atoms with Crippen LogP contribution in [0.4, 0.5) is 0 Å². The molecular weight excluding hydrogens is 292 g/mol. The third-order valence-electron chi connectivity index (χ3n) is 6.27. The zero-order chi connectivity index (χ0) is 16.4. The van der Waals surface area contributed by atoms with E-state index in [9.17, 15) is 9.59 Å². The van der Waals surface area contributed by atoms with E-state index in [2.05, 4.69) is 10.6 Å². The largest absolute Gasteiger partial charge is 0.378 e. The molecule has 0 bridgehead atoms. The average molecular weight is 322 g/mol. The number of hydrogen-bond donors (Lipinski definition) is 2. The minimum absolute atomic E-state index is 0.0123. The summed E-state index contributed by atoms with van der Waals surface area (Å²) >= 11 is 0. The number of carbonyl (C=O) groups excluding carboxylic acids is 2. The topological polar surface area (TPSA) is 67.4 Å². The fourth-order valence-corrected chi connectivity index (χ4v) is 4.81. The quantitative estimate of drug-likeness (QED) is 0.787. The lowest BCUT2D eigenvalue weighted by Crippen LogP contribution is -2.69. The molecule has 0 aromatic carbocycles. The van der Waals surface area contributed by atoms with Gasteiger partial charge in [-0.25, -0.2) is 0 Å². The summed E-state index contributed by atoms with van der Waals surface area (Å²) in [5, 5.41) is 6.14. The van der Waals surface area contributed by atoms with Gasteiger partial charge in [-0.05, 0) is 44.9 Å². The molecule has 0 radical (unpaired) electrons. The molecule has 3 atom stereocenters. The third-order valence-corrected chi connectivity index (χ3v) is 6.27. The highest BCUT2D eigenvalue weighted by Gasteiger charge is 2.59. The first-order chi connectivity index (χ1) is 11.1. The lowest BCUT2D eigenvalue weighted by atomic mass is 9.51. The van der Waals surface area contributed by atoms with Crippen molar-refractivity contribution in [2.45, 2.75) is 83.4 Å². The highest BCUT2D eigenvalue weighted by Crippen LogP contribution is 2.57. The van der Waals surface area contributed by atoms with Gasteiger partial charge < -0.3 is 15.4 Å². The highest BCUT2D eigenvalue weighted by molar-refractivity contribution is 5.87. The third kappa shape index (κ3) is 3.12. The molecular formula is C18H30N2O3. The average Bonchev–Trinajstić information content (AvgIpc) is 2.95. The lowest BCUT2D eigenvalue weighted by molar-refractivity contribution is -0.176. The van der Waals surface area contributed by atoms with Crippen LogP contribution in [-0.4, -0.2) is 36.6 Å². The summed E-state index contributed by atoms with van der Waals surface area (Å²) in [5.74, 6) is 0.188. The van der Waals surface area contributed by atoms with E-state index in [1.807, 2.05) is 6.92 Å². The Hall–Kier alpha value is -1.10. The van der Waals surface area contributed by atoms with E-state index in [1.165, 1.54) is 13.3 Å². The molecule has 0 aliphatic heterocycles. The van der Waals surface area contributed by atoms with Crippen molar-refractivity contribution >= 4 is 11.8 Å². The minimum Gasteiger partial charge on any atom is -0.378 e. The maximum Gasteiger partial charge on any atom is 0.243 e. The van der Waals surface area contributed by atoms with E-state index in [0.29, 0.717) is 12.0 Å². The molecule has 3 saturated carbocycles. The molecule has 2 amide bonds. The molecule has 5 heteroatoms. The maximum absolute atomic E-state index is 12.8. The predicted octanol–water partition coefficient (Wildman–Crippen LogP) is 2.15. The molecule has 3 fully saturated rings. The Labute approximate surface area is 138 Å². The van der Waals surface area contributed by atoms with Crippen LogP contribution in [0, 0.1) is 11.3 Å². The summed E-state index contributed by atoms with van der Waals surface area (Å²) < 4.78 is 5.85. The Balaban J connectivity index is 1.61. The number of rotatable bonds is 6. The van der Waals surface area contributed by atoms with Crippen LogP contribution in [0.2, 0.25) is 0 Å². The SMILES string of the molecule is CCO[C@@H]1C[C@@H](NC(=O)[C@H](NC(C)=O)C2CCCC2)C12CCC2. The van der Waals surface area contributed by atoms with Crippen LogP contribution in [0.25, 0.3) is 0 Å². The number of ether oxygens (including phenoxy) is 1. The molecule has 0 heterocycles. The summed E-state index contributed by atoms with van der Waals surface area (Å²) in [5.41, 5.74) is 0.169.